The van der Waals surface area contributed by atoms with E-state index in [1.807, 2.05) is 0 Å². The lowest BCUT2D eigenvalue weighted by Crippen LogP contribution is -2.34. The van der Waals surface area contributed by atoms with Crippen LogP contribution in [0.5, 0.6) is 0 Å². The second kappa shape index (κ2) is 21.5. The summed E-state index contributed by atoms with van der Waals surface area (Å²) in [5.41, 5.74) is 5.61. The molecule has 1 aromatic heterocycles. The molecular weight excluding hydrogens is 538 g/mol. The SMILES string of the molecule is Cl.[2H]C(CCCCCCCCCCCCCCCCCC)C(=O)OC[C@H]1OC(n2ccc(N)nc2=S)[C@@H](O)[C@@H]1O. The first-order valence-corrected chi connectivity index (χ1v) is 15.2. The van der Waals surface area contributed by atoms with E-state index in [1.54, 1.807) is 0 Å². The zero-order chi connectivity index (χ0) is 28.5. The van der Waals surface area contributed by atoms with Crippen LogP contribution in [0.1, 0.15) is 130 Å². The van der Waals surface area contributed by atoms with Gasteiger partial charge in [0, 0.05) is 14.0 Å². The third-order valence-corrected chi connectivity index (χ3v) is 7.52. The lowest BCUT2D eigenvalue weighted by molar-refractivity contribution is -0.150. The van der Waals surface area contributed by atoms with Gasteiger partial charge in [-0.2, -0.15) is 0 Å². The smallest absolute Gasteiger partial charge is 0.305 e. The predicted octanol–water partition coefficient (Wildman–Crippen LogP) is 6.82. The quantitative estimate of drug-likeness (QED) is 0.0810. The van der Waals surface area contributed by atoms with Gasteiger partial charge in [0.1, 0.15) is 30.7 Å². The van der Waals surface area contributed by atoms with Crippen molar-refractivity contribution in [2.75, 3.05) is 12.3 Å². The van der Waals surface area contributed by atoms with E-state index in [-0.39, 0.29) is 29.6 Å². The first kappa shape index (κ1) is 33.9. The van der Waals surface area contributed by atoms with Crippen LogP contribution in [0.3, 0.4) is 0 Å². The molecule has 1 aromatic rings. The van der Waals surface area contributed by atoms with Crippen LogP contribution in [0.4, 0.5) is 5.82 Å². The fourth-order valence-corrected chi connectivity index (χ4v) is 5.12. The Morgan fingerprint density at radius 3 is 1.95 bits per heavy atom. The van der Waals surface area contributed by atoms with Gasteiger partial charge >= 0.3 is 5.97 Å². The zero-order valence-corrected chi connectivity index (χ0v) is 25.3. The molecule has 39 heavy (non-hydrogen) atoms. The van der Waals surface area contributed by atoms with Gasteiger partial charge in [0.25, 0.3) is 0 Å². The third kappa shape index (κ3) is 14.3. The number of halogens is 1. The first-order valence-electron chi connectivity index (χ1n) is 15.4. The fraction of sp³-hybridized carbons (Fsp3) is 0.828. The van der Waals surface area contributed by atoms with Gasteiger partial charge in [0.2, 0.25) is 4.77 Å². The number of hydrogen-bond acceptors (Lipinski definition) is 8. The highest BCUT2D eigenvalue weighted by Gasteiger charge is 2.44. The van der Waals surface area contributed by atoms with E-state index in [9.17, 15) is 15.0 Å². The number of unbranched alkanes of at least 4 members (excludes halogenated alkanes) is 15. The summed E-state index contributed by atoms with van der Waals surface area (Å²) in [5, 5.41) is 20.7. The Morgan fingerprint density at radius 1 is 0.974 bits per heavy atom. The Kier molecular flexibility index (Phi) is 18.7. The molecule has 2 unspecified atom stereocenters. The van der Waals surface area contributed by atoms with E-state index < -0.39 is 36.9 Å². The summed E-state index contributed by atoms with van der Waals surface area (Å²) in [4.78, 5) is 16.2. The average molecular weight is 591 g/mol. The summed E-state index contributed by atoms with van der Waals surface area (Å²) in [6.45, 7) is 2.01. The highest BCUT2D eigenvalue weighted by Crippen LogP contribution is 2.30. The molecule has 0 amide bonds. The Morgan fingerprint density at radius 2 is 1.46 bits per heavy atom. The minimum absolute atomic E-state index is 0. The minimum atomic E-state index is -1.28. The number of nitrogens with zero attached hydrogens (tertiary/aromatic N) is 2. The molecule has 5 atom stereocenters. The van der Waals surface area contributed by atoms with Crippen LogP contribution in [0.2, 0.25) is 0 Å². The number of ether oxygens (including phenoxy) is 2. The number of rotatable bonds is 21. The molecule has 2 heterocycles. The molecule has 226 valence electrons. The van der Waals surface area contributed by atoms with Crippen molar-refractivity contribution in [3.63, 3.8) is 0 Å². The highest BCUT2D eigenvalue weighted by atomic mass is 35.5. The van der Waals surface area contributed by atoms with E-state index in [0.717, 1.165) is 19.3 Å². The van der Waals surface area contributed by atoms with E-state index in [1.165, 1.54) is 100 Å². The molecule has 4 N–H and O–H groups in total. The minimum Gasteiger partial charge on any atom is -0.463 e. The molecule has 0 bridgehead atoms. The van der Waals surface area contributed by atoms with Gasteiger partial charge in [-0.15, -0.1) is 12.4 Å². The second-order valence-electron chi connectivity index (χ2n) is 10.5. The van der Waals surface area contributed by atoms with Crippen molar-refractivity contribution < 1.29 is 25.9 Å². The zero-order valence-electron chi connectivity index (χ0n) is 24.7. The van der Waals surface area contributed by atoms with Crippen LogP contribution in [0, 0.1) is 4.77 Å². The van der Waals surface area contributed by atoms with Crippen molar-refractivity contribution in [3.8, 4) is 0 Å². The molecule has 10 heteroatoms. The molecule has 2 rings (SSSR count). The molecule has 0 saturated carbocycles. The molecule has 1 aliphatic heterocycles. The van der Waals surface area contributed by atoms with Gasteiger partial charge in [0.05, 0.1) is 0 Å². The largest absolute Gasteiger partial charge is 0.463 e. The first-order chi connectivity index (χ1) is 18.8. The van der Waals surface area contributed by atoms with E-state index in [4.69, 9.17) is 28.8 Å². The van der Waals surface area contributed by atoms with Gasteiger partial charge < -0.3 is 25.4 Å². The molecule has 1 aliphatic rings. The van der Waals surface area contributed by atoms with Gasteiger partial charge in [-0.25, -0.2) is 4.98 Å². The Hall–Kier alpha value is -1.26. The van der Waals surface area contributed by atoms with Crippen LogP contribution in [0.25, 0.3) is 0 Å². The summed E-state index contributed by atoms with van der Waals surface area (Å²) in [5.74, 6) is -0.406. The Balaban J connectivity index is 0.00000800. The lowest BCUT2D eigenvalue weighted by atomic mass is 10.0. The number of aliphatic hydroxyl groups excluding tert-OH is 2. The maximum atomic E-state index is 12.3. The number of nitrogen functional groups attached to an aromatic ring is 1. The predicted molar refractivity (Wildman–Crippen MR) is 160 cm³/mol. The summed E-state index contributed by atoms with van der Waals surface area (Å²) in [6, 6.07) is 1.51. The molecule has 0 aliphatic carbocycles. The molecule has 0 radical (unpaired) electrons. The lowest BCUT2D eigenvalue weighted by Gasteiger charge is -2.18. The standard InChI is InChI=1S/C29H51N3O5S.ClH/c1-2-3-4-5-6-7-8-9-10-11-12-13-14-15-16-17-18-19-25(33)36-22-23-26(34)27(35)28(37-23)32-21-20-24(30)31-29(32)38;/h20-21,23,26-28,34-35H,2-19,22H2,1H3,(H2,30,31,38);1H/t23-,26-,27+,28?;/m1./s1/i19D;/t19?,23-,26-,27+,28?;. The Bertz CT molecular complexity index is 880. The van der Waals surface area contributed by atoms with Gasteiger partial charge in [0.15, 0.2) is 6.23 Å². The molecule has 1 fully saturated rings. The van der Waals surface area contributed by atoms with Crippen molar-refractivity contribution in [3.05, 3.63) is 17.0 Å². The topological polar surface area (TPSA) is 120 Å². The summed E-state index contributed by atoms with van der Waals surface area (Å²) in [7, 11) is 0. The van der Waals surface area contributed by atoms with Crippen molar-refractivity contribution >= 4 is 36.4 Å². The second-order valence-corrected chi connectivity index (χ2v) is 10.9. The van der Waals surface area contributed by atoms with Crippen LogP contribution < -0.4 is 5.73 Å². The van der Waals surface area contributed by atoms with E-state index in [0.29, 0.717) is 6.42 Å². The fourth-order valence-electron chi connectivity index (χ4n) is 4.85. The number of esters is 1. The molecule has 0 spiro atoms. The number of anilines is 1. The summed E-state index contributed by atoms with van der Waals surface area (Å²) < 4.78 is 20.5. The maximum absolute atomic E-state index is 12.3. The molecular formula is C29H52ClN3O5S. The summed E-state index contributed by atoms with van der Waals surface area (Å²) in [6.07, 6.45) is 17.0. The Labute approximate surface area is 247 Å². The molecule has 0 aromatic carbocycles. The highest BCUT2D eigenvalue weighted by molar-refractivity contribution is 7.71. The van der Waals surface area contributed by atoms with Crippen LogP contribution in [-0.4, -0.2) is 50.7 Å². The number of aliphatic hydroxyl groups is 2. The van der Waals surface area contributed by atoms with Crippen LogP contribution in [0.15, 0.2) is 12.3 Å². The van der Waals surface area contributed by atoms with Crippen molar-refractivity contribution in [2.24, 2.45) is 0 Å². The van der Waals surface area contributed by atoms with Crippen molar-refractivity contribution in [1.29, 1.82) is 0 Å². The average Bonchev–Trinajstić information content (AvgIpc) is 3.19. The van der Waals surface area contributed by atoms with Gasteiger partial charge in [-0.1, -0.05) is 110 Å². The number of aromatic nitrogens is 2. The molecule has 1 saturated heterocycles. The molecule has 8 nitrogen and oxygen atoms in total. The van der Waals surface area contributed by atoms with Crippen LogP contribution in [-0.2, 0) is 14.3 Å². The van der Waals surface area contributed by atoms with E-state index >= 15 is 0 Å². The van der Waals surface area contributed by atoms with Crippen molar-refractivity contribution in [1.82, 2.24) is 9.55 Å². The van der Waals surface area contributed by atoms with Gasteiger partial charge in [-0.05, 0) is 24.7 Å². The summed E-state index contributed by atoms with van der Waals surface area (Å²) >= 11 is 5.15. The maximum Gasteiger partial charge on any atom is 0.305 e. The number of carbonyl (C=O) groups is 1. The van der Waals surface area contributed by atoms with Crippen LogP contribution >= 0.6 is 24.6 Å². The number of carbonyl (C=O) groups excluding carboxylic acids is 1. The number of hydrogen-bond donors (Lipinski definition) is 3. The normalized spacial score (nSPS) is 21.8. The monoisotopic (exact) mass is 590 g/mol. The van der Waals surface area contributed by atoms with Crippen molar-refractivity contribution in [2.45, 2.75) is 147 Å². The third-order valence-electron chi connectivity index (χ3n) is 7.22. The van der Waals surface area contributed by atoms with E-state index in [2.05, 4.69) is 11.9 Å². The van der Waals surface area contributed by atoms with Gasteiger partial charge in [-0.3, -0.25) is 9.36 Å². The number of nitrogens with two attached hydrogens (primary N) is 1.